The Bertz CT molecular complexity index is 812. The number of ether oxygens (including phenoxy) is 1. The van der Waals surface area contributed by atoms with Crippen LogP contribution in [0.2, 0.25) is 0 Å². The van der Waals surface area contributed by atoms with E-state index in [0.717, 1.165) is 54.8 Å². The van der Waals surface area contributed by atoms with Crippen molar-refractivity contribution in [1.82, 2.24) is 9.97 Å². The zero-order valence-corrected chi connectivity index (χ0v) is 16.3. The van der Waals surface area contributed by atoms with Crippen molar-refractivity contribution in [2.24, 2.45) is 5.92 Å². The van der Waals surface area contributed by atoms with Gasteiger partial charge in [-0.05, 0) is 56.9 Å². The standard InChI is InChI=1S/C21H27N5O2/c1-15-22-19(14-20(23-15)26-10-2-3-11-26)24-17-4-6-18(7-5-17)25-21(27)16-8-12-28-13-9-16/h4-7,14,16H,2-3,8-13H2,1H3,(H,25,27)(H,22,23,24). The molecule has 148 valence electrons. The zero-order valence-electron chi connectivity index (χ0n) is 16.3. The maximum Gasteiger partial charge on any atom is 0.227 e. The van der Waals surface area contributed by atoms with Crippen molar-refractivity contribution in [2.75, 3.05) is 41.8 Å². The first-order valence-corrected chi connectivity index (χ1v) is 10.0. The number of benzene rings is 1. The van der Waals surface area contributed by atoms with E-state index in [1.807, 2.05) is 37.3 Å². The summed E-state index contributed by atoms with van der Waals surface area (Å²) in [4.78, 5) is 23.7. The summed E-state index contributed by atoms with van der Waals surface area (Å²) in [6.07, 6.45) is 4.01. The first kappa shape index (κ1) is 18.7. The monoisotopic (exact) mass is 381 g/mol. The van der Waals surface area contributed by atoms with Gasteiger partial charge < -0.3 is 20.3 Å². The molecule has 2 aliphatic rings. The van der Waals surface area contributed by atoms with Gasteiger partial charge in [0.2, 0.25) is 5.91 Å². The van der Waals surface area contributed by atoms with Crippen LogP contribution in [0, 0.1) is 12.8 Å². The summed E-state index contributed by atoms with van der Waals surface area (Å²) in [6.45, 7) is 5.35. The molecule has 1 amide bonds. The largest absolute Gasteiger partial charge is 0.381 e. The summed E-state index contributed by atoms with van der Waals surface area (Å²) in [5.74, 6) is 2.64. The van der Waals surface area contributed by atoms with Crippen LogP contribution >= 0.6 is 0 Å². The van der Waals surface area contributed by atoms with Gasteiger partial charge in [0.1, 0.15) is 17.5 Å². The summed E-state index contributed by atoms with van der Waals surface area (Å²) in [7, 11) is 0. The lowest BCUT2D eigenvalue weighted by molar-refractivity contribution is -0.122. The Labute approximate surface area is 165 Å². The molecule has 0 radical (unpaired) electrons. The van der Waals surface area contributed by atoms with Crippen molar-refractivity contribution in [1.29, 1.82) is 0 Å². The Kier molecular flexibility index (Phi) is 5.71. The van der Waals surface area contributed by atoms with Crippen molar-refractivity contribution in [3.63, 3.8) is 0 Å². The number of rotatable bonds is 5. The third-order valence-corrected chi connectivity index (χ3v) is 5.27. The molecule has 3 heterocycles. The number of anilines is 4. The number of aryl methyl sites for hydroxylation is 1. The normalized spacial score (nSPS) is 17.5. The first-order chi connectivity index (χ1) is 13.7. The second kappa shape index (κ2) is 8.56. The highest BCUT2D eigenvalue weighted by Gasteiger charge is 2.21. The maximum atomic E-state index is 12.3. The molecule has 0 saturated carbocycles. The van der Waals surface area contributed by atoms with Crippen LogP contribution in [0.1, 0.15) is 31.5 Å². The number of amides is 1. The fourth-order valence-corrected chi connectivity index (χ4v) is 3.71. The van der Waals surface area contributed by atoms with Crippen molar-refractivity contribution in [3.05, 3.63) is 36.2 Å². The number of nitrogens with zero attached hydrogens (tertiary/aromatic N) is 3. The summed E-state index contributed by atoms with van der Waals surface area (Å²) < 4.78 is 5.32. The Morgan fingerprint density at radius 1 is 1.07 bits per heavy atom. The molecular formula is C21H27N5O2. The fourth-order valence-electron chi connectivity index (χ4n) is 3.71. The molecule has 2 fully saturated rings. The molecule has 2 saturated heterocycles. The van der Waals surface area contributed by atoms with Gasteiger partial charge in [-0.25, -0.2) is 9.97 Å². The molecule has 4 rings (SSSR count). The van der Waals surface area contributed by atoms with E-state index in [1.165, 1.54) is 12.8 Å². The average molecular weight is 381 g/mol. The molecule has 7 heteroatoms. The smallest absolute Gasteiger partial charge is 0.227 e. The van der Waals surface area contributed by atoms with E-state index >= 15 is 0 Å². The second-order valence-corrected chi connectivity index (χ2v) is 7.43. The van der Waals surface area contributed by atoms with E-state index in [9.17, 15) is 4.79 Å². The average Bonchev–Trinajstić information content (AvgIpc) is 3.25. The zero-order chi connectivity index (χ0) is 19.3. The summed E-state index contributed by atoms with van der Waals surface area (Å²) in [5.41, 5.74) is 1.73. The van der Waals surface area contributed by atoms with E-state index < -0.39 is 0 Å². The molecule has 1 aromatic heterocycles. The minimum absolute atomic E-state index is 0.0413. The van der Waals surface area contributed by atoms with Gasteiger partial charge in [-0.3, -0.25) is 4.79 Å². The van der Waals surface area contributed by atoms with Crippen molar-refractivity contribution < 1.29 is 9.53 Å². The number of hydrogen-bond acceptors (Lipinski definition) is 6. The summed E-state index contributed by atoms with van der Waals surface area (Å²) >= 11 is 0. The van der Waals surface area contributed by atoms with Crippen LogP contribution in [0.25, 0.3) is 0 Å². The van der Waals surface area contributed by atoms with E-state index in [-0.39, 0.29) is 11.8 Å². The summed E-state index contributed by atoms with van der Waals surface area (Å²) in [6, 6.07) is 9.72. The lowest BCUT2D eigenvalue weighted by atomic mass is 9.99. The Morgan fingerprint density at radius 3 is 2.46 bits per heavy atom. The van der Waals surface area contributed by atoms with Gasteiger partial charge in [-0.2, -0.15) is 0 Å². The Balaban J connectivity index is 1.39. The number of carbonyl (C=O) groups is 1. The van der Waals surface area contributed by atoms with Crippen molar-refractivity contribution >= 4 is 28.9 Å². The molecule has 0 atom stereocenters. The lowest BCUT2D eigenvalue weighted by Crippen LogP contribution is -2.28. The Hall–Kier alpha value is -2.67. The fraction of sp³-hybridized carbons (Fsp3) is 0.476. The SMILES string of the molecule is Cc1nc(Nc2ccc(NC(=O)C3CCOCC3)cc2)cc(N2CCCC2)n1. The molecule has 0 spiro atoms. The quantitative estimate of drug-likeness (QED) is 0.825. The number of hydrogen-bond donors (Lipinski definition) is 2. The second-order valence-electron chi connectivity index (χ2n) is 7.43. The van der Waals surface area contributed by atoms with Crippen LogP contribution in [-0.2, 0) is 9.53 Å². The third-order valence-electron chi connectivity index (χ3n) is 5.27. The molecule has 0 unspecified atom stereocenters. The Morgan fingerprint density at radius 2 is 1.75 bits per heavy atom. The third kappa shape index (κ3) is 4.59. The number of aromatic nitrogens is 2. The van der Waals surface area contributed by atoms with Gasteiger partial charge in [0, 0.05) is 49.7 Å². The van der Waals surface area contributed by atoms with Crippen LogP contribution in [0.15, 0.2) is 30.3 Å². The molecule has 0 aliphatic carbocycles. The van der Waals surface area contributed by atoms with Crippen LogP contribution in [0.4, 0.5) is 23.0 Å². The highest BCUT2D eigenvalue weighted by Crippen LogP contribution is 2.24. The number of carbonyl (C=O) groups excluding carboxylic acids is 1. The predicted octanol–water partition coefficient (Wildman–Crippen LogP) is 3.49. The topological polar surface area (TPSA) is 79.4 Å². The molecular weight excluding hydrogens is 354 g/mol. The van der Waals surface area contributed by atoms with E-state index in [0.29, 0.717) is 13.2 Å². The molecule has 7 nitrogen and oxygen atoms in total. The first-order valence-electron chi connectivity index (χ1n) is 10.0. The number of nitrogens with one attached hydrogen (secondary N) is 2. The molecule has 1 aromatic carbocycles. The summed E-state index contributed by atoms with van der Waals surface area (Å²) in [5, 5.41) is 6.35. The molecule has 28 heavy (non-hydrogen) atoms. The van der Waals surface area contributed by atoms with Gasteiger partial charge in [0.25, 0.3) is 0 Å². The van der Waals surface area contributed by atoms with Gasteiger partial charge in [-0.15, -0.1) is 0 Å². The maximum absolute atomic E-state index is 12.3. The van der Waals surface area contributed by atoms with E-state index in [1.54, 1.807) is 0 Å². The molecule has 0 bridgehead atoms. The van der Waals surface area contributed by atoms with Crippen LogP contribution in [-0.4, -0.2) is 42.2 Å². The van der Waals surface area contributed by atoms with Crippen LogP contribution in [0.5, 0.6) is 0 Å². The minimum atomic E-state index is 0.0413. The molecule has 2 aromatic rings. The van der Waals surface area contributed by atoms with Gasteiger partial charge in [-0.1, -0.05) is 0 Å². The minimum Gasteiger partial charge on any atom is -0.381 e. The highest BCUT2D eigenvalue weighted by molar-refractivity contribution is 5.92. The van der Waals surface area contributed by atoms with Crippen molar-refractivity contribution in [3.8, 4) is 0 Å². The van der Waals surface area contributed by atoms with E-state index in [4.69, 9.17) is 4.74 Å². The molecule has 2 N–H and O–H groups in total. The lowest BCUT2D eigenvalue weighted by Gasteiger charge is -2.21. The van der Waals surface area contributed by atoms with Crippen LogP contribution < -0.4 is 15.5 Å². The van der Waals surface area contributed by atoms with Crippen LogP contribution in [0.3, 0.4) is 0 Å². The highest BCUT2D eigenvalue weighted by atomic mass is 16.5. The van der Waals surface area contributed by atoms with Gasteiger partial charge >= 0.3 is 0 Å². The van der Waals surface area contributed by atoms with Crippen molar-refractivity contribution in [2.45, 2.75) is 32.6 Å². The van der Waals surface area contributed by atoms with E-state index in [2.05, 4.69) is 25.5 Å². The predicted molar refractivity (Wildman–Crippen MR) is 110 cm³/mol. The van der Waals surface area contributed by atoms with Gasteiger partial charge in [0.05, 0.1) is 0 Å². The van der Waals surface area contributed by atoms with Gasteiger partial charge in [0.15, 0.2) is 0 Å². The molecule has 2 aliphatic heterocycles.